The number of hydrogen-bond donors (Lipinski definition) is 1. The van der Waals surface area contributed by atoms with Gasteiger partial charge in [-0.3, -0.25) is 0 Å². The summed E-state index contributed by atoms with van der Waals surface area (Å²) in [6.07, 6.45) is 3.88. The van der Waals surface area contributed by atoms with E-state index in [2.05, 4.69) is 42.8 Å². The highest BCUT2D eigenvalue weighted by Crippen LogP contribution is 2.12. The van der Waals surface area contributed by atoms with Crippen molar-refractivity contribution in [3.05, 3.63) is 23.9 Å². The maximum Gasteiger partial charge on any atom is 0.128 e. The Bertz CT molecular complexity index is 291. The smallest absolute Gasteiger partial charge is 0.128 e. The van der Waals surface area contributed by atoms with E-state index in [0.717, 1.165) is 31.7 Å². The van der Waals surface area contributed by atoms with Gasteiger partial charge in [0.1, 0.15) is 5.82 Å². The lowest BCUT2D eigenvalue weighted by atomic mass is 10.1. The molecule has 0 amide bonds. The molecule has 1 unspecified atom stereocenters. The molecule has 0 aliphatic carbocycles. The fraction of sp³-hybridized carbons (Fsp3) is 0.615. The zero-order chi connectivity index (χ0) is 12.0. The zero-order valence-electron chi connectivity index (χ0n) is 10.6. The Hall–Kier alpha value is -1.09. The SMILES string of the molecule is CCC(N)Cc1ccc(N(CC)CC)nc1. The van der Waals surface area contributed by atoms with Gasteiger partial charge in [-0.1, -0.05) is 13.0 Å². The van der Waals surface area contributed by atoms with Crippen molar-refractivity contribution in [3.63, 3.8) is 0 Å². The largest absolute Gasteiger partial charge is 0.357 e. The first-order valence-electron chi connectivity index (χ1n) is 6.16. The molecule has 0 spiro atoms. The Morgan fingerprint density at radius 2 is 1.94 bits per heavy atom. The molecule has 0 radical (unpaired) electrons. The van der Waals surface area contributed by atoms with Crippen molar-refractivity contribution < 1.29 is 0 Å². The Labute approximate surface area is 98.7 Å². The van der Waals surface area contributed by atoms with Crippen molar-refractivity contribution in [2.24, 2.45) is 5.73 Å². The van der Waals surface area contributed by atoms with Crippen LogP contribution in [0.4, 0.5) is 5.82 Å². The van der Waals surface area contributed by atoms with Crippen molar-refractivity contribution in [2.45, 2.75) is 39.7 Å². The van der Waals surface area contributed by atoms with Gasteiger partial charge in [0.15, 0.2) is 0 Å². The van der Waals surface area contributed by atoms with Gasteiger partial charge in [-0.15, -0.1) is 0 Å². The van der Waals surface area contributed by atoms with Crippen LogP contribution in [0, 0.1) is 0 Å². The standard InChI is InChI=1S/C13H23N3/c1-4-12(14)9-11-7-8-13(15-10-11)16(5-2)6-3/h7-8,10,12H,4-6,9,14H2,1-3H3. The van der Waals surface area contributed by atoms with Crippen molar-refractivity contribution in [1.29, 1.82) is 0 Å². The summed E-state index contributed by atoms with van der Waals surface area (Å²) < 4.78 is 0. The van der Waals surface area contributed by atoms with Crippen LogP contribution >= 0.6 is 0 Å². The van der Waals surface area contributed by atoms with Gasteiger partial charge in [-0.2, -0.15) is 0 Å². The van der Waals surface area contributed by atoms with E-state index in [4.69, 9.17) is 5.73 Å². The zero-order valence-corrected chi connectivity index (χ0v) is 10.6. The predicted molar refractivity (Wildman–Crippen MR) is 69.8 cm³/mol. The lowest BCUT2D eigenvalue weighted by Gasteiger charge is -2.19. The molecule has 0 aliphatic rings. The van der Waals surface area contributed by atoms with Crippen LogP contribution in [-0.2, 0) is 6.42 Å². The Morgan fingerprint density at radius 1 is 1.25 bits per heavy atom. The van der Waals surface area contributed by atoms with Crippen molar-refractivity contribution in [2.75, 3.05) is 18.0 Å². The second-order valence-corrected chi connectivity index (χ2v) is 4.07. The summed E-state index contributed by atoms with van der Waals surface area (Å²) in [5, 5.41) is 0. The number of rotatable bonds is 6. The molecule has 2 N–H and O–H groups in total. The van der Waals surface area contributed by atoms with Crippen LogP contribution < -0.4 is 10.6 Å². The third kappa shape index (κ3) is 3.49. The van der Waals surface area contributed by atoms with Gasteiger partial charge in [0, 0.05) is 25.3 Å². The van der Waals surface area contributed by atoms with E-state index in [1.165, 1.54) is 5.56 Å². The van der Waals surface area contributed by atoms with Crippen molar-refractivity contribution in [1.82, 2.24) is 4.98 Å². The first-order chi connectivity index (χ1) is 7.71. The van der Waals surface area contributed by atoms with E-state index in [9.17, 15) is 0 Å². The van der Waals surface area contributed by atoms with Crippen molar-refractivity contribution >= 4 is 5.82 Å². The molecule has 0 bridgehead atoms. The first-order valence-corrected chi connectivity index (χ1v) is 6.16. The Balaban J connectivity index is 2.67. The summed E-state index contributed by atoms with van der Waals surface area (Å²) in [6, 6.07) is 4.47. The molecule has 3 nitrogen and oxygen atoms in total. The van der Waals surface area contributed by atoms with Crippen LogP contribution in [0.25, 0.3) is 0 Å². The summed E-state index contributed by atoms with van der Waals surface area (Å²) in [7, 11) is 0. The van der Waals surface area contributed by atoms with Gasteiger partial charge in [-0.25, -0.2) is 4.98 Å². The van der Waals surface area contributed by atoms with Crippen LogP contribution in [0.5, 0.6) is 0 Å². The number of nitrogens with zero attached hydrogens (tertiary/aromatic N) is 2. The summed E-state index contributed by atoms with van der Waals surface area (Å²) in [5.74, 6) is 1.05. The minimum atomic E-state index is 0.251. The minimum absolute atomic E-state index is 0.251. The van der Waals surface area contributed by atoms with E-state index < -0.39 is 0 Å². The number of anilines is 1. The minimum Gasteiger partial charge on any atom is -0.357 e. The fourth-order valence-electron chi connectivity index (χ4n) is 1.72. The molecule has 90 valence electrons. The first kappa shape index (κ1) is 13.0. The molecule has 0 aromatic carbocycles. The molecule has 1 aromatic heterocycles. The molecule has 1 rings (SSSR count). The van der Waals surface area contributed by atoms with Crippen molar-refractivity contribution in [3.8, 4) is 0 Å². The topological polar surface area (TPSA) is 42.1 Å². The van der Waals surface area contributed by atoms with Gasteiger partial charge >= 0.3 is 0 Å². The Kier molecular flexibility index (Phi) is 5.26. The summed E-state index contributed by atoms with van der Waals surface area (Å²) in [5.41, 5.74) is 7.14. The summed E-state index contributed by atoms with van der Waals surface area (Å²) >= 11 is 0. The van der Waals surface area contributed by atoms with E-state index in [1.807, 2.05) is 6.20 Å². The lowest BCUT2D eigenvalue weighted by molar-refractivity contribution is 0.645. The van der Waals surface area contributed by atoms with Crippen LogP contribution in [0.2, 0.25) is 0 Å². The van der Waals surface area contributed by atoms with Crippen LogP contribution in [0.1, 0.15) is 32.8 Å². The predicted octanol–water partition coefficient (Wildman–Crippen LogP) is 2.21. The third-order valence-electron chi connectivity index (χ3n) is 2.92. The van der Waals surface area contributed by atoms with Gasteiger partial charge in [0.05, 0.1) is 0 Å². The maximum absolute atomic E-state index is 5.92. The van der Waals surface area contributed by atoms with Crippen LogP contribution in [-0.4, -0.2) is 24.1 Å². The molecule has 16 heavy (non-hydrogen) atoms. The molecule has 0 aliphatic heterocycles. The summed E-state index contributed by atoms with van der Waals surface area (Å²) in [4.78, 5) is 6.72. The van der Waals surface area contributed by atoms with Gasteiger partial charge in [0.25, 0.3) is 0 Å². The molecular weight excluding hydrogens is 198 g/mol. The maximum atomic E-state index is 5.92. The van der Waals surface area contributed by atoms with E-state index in [-0.39, 0.29) is 6.04 Å². The summed E-state index contributed by atoms with van der Waals surface area (Å²) in [6.45, 7) is 8.40. The Morgan fingerprint density at radius 3 is 2.38 bits per heavy atom. The van der Waals surface area contributed by atoms with Gasteiger partial charge < -0.3 is 10.6 Å². The number of nitrogens with two attached hydrogens (primary N) is 1. The molecular formula is C13H23N3. The second-order valence-electron chi connectivity index (χ2n) is 4.07. The highest BCUT2D eigenvalue weighted by Gasteiger charge is 2.05. The van der Waals surface area contributed by atoms with Crippen LogP contribution in [0.15, 0.2) is 18.3 Å². The normalized spacial score (nSPS) is 12.5. The third-order valence-corrected chi connectivity index (χ3v) is 2.92. The average molecular weight is 221 g/mol. The molecule has 0 saturated heterocycles. The number of hydrogen-bond acceptors (Lipinski definition) is 3. The number of pyridine rings is 1. The van der Waals surface area contributed by atoms with E-state index in [1.54, 1.807) is 0 Å². The molecule has 0 fully saturated rings. The van der Waals surface area contributed by atoms with Gasteiger partial charge in [-0.05, 0) is 38.3 Å². The highest BCUT2D eigenvalue weighted by molar-refractivity contribution is 5.38. The van der Waals surface area contributed by atoms with E-state index >= 15 is 0 Å². The molecule has 3 heteroatoms. The molecule has 1 aromatic rings. The van der Waals surface area contributed by atoms with E-state index in [0.29, 0.717) is 0 Å². The molecule has 1 heterocycles. The lowest BCUT2D eigenvalue weighted by Crippen LogP contribution is -2.23. The second kappa shape index (κ2) is 6.48. The highest BCUT2D eigenvalue weighted by atomic mass is 15.2. The quantitative estimate of drug-likeness (QED) is 0.801. The molecule has 1 atom stereocenters. The molecule has 0 saturated carbocycles. The average Bonchev–Trinajstić information content (AvgIpc) is 2.32. The van der Waals surface area contributed by atoms with Gasteiger partial charge in [0.2, 0.25) is 0 Å². The fourth-order valence-corrected chi connectivity index (χ4v) is 1.72. The number of aromatic nitrogens is 1. The van der Waals surface area contributed by atoms with Crippen LogP contribution in [0.3, 0.4) is 0 Å². The monoisotopic (exact) mass is 221 g/mol.